The quantitative estimate of drug-likeness (QED) is 0.0355. The largest absolute Gasteiger partial charge is 0.472 e. The fourth-order valence-corrected chi connectivity index (χ4v) is 8.00. The number of phosphoric acid groups is 1. The molecule has 2 atom stereocenters. The molecule has 0 aliphatic heterocycles. The first-order chi connectivity index (χ1) is 26.9. The number of esters is 1. The van der Waals surface area contributed by atoms with Gasteiger partial charge in [-0.3, -0.25) is 13.8 Å². The lowest BCUT2D eigenvalue weighted by Crippen LogP contribution is -2.28. The van der Waals surface area contributed by atoms with Gasteiger partial charge in [0.05, 0.1) is 19.8 Å². The molecule has 330 valence electrons. The van der Waals surface area contributed by atoms with Crippen LogP contribution in [0, 0.1) is 0 Å². The van der Waals surface area contributed by atoms with E-state index in [1.54, 1.807) is 0 Å². The molecule has 0 aromatic carbocycles. The Hall–Kier alpha value is -0.500. The van der Waals surface area contributed by atoms with Gasteiger partial charge in [-0.2, -0.15) is 0 Å². The summed E-state index contributed by atoms with van der Waals surface area (Å²) in [7, 11) is -4.27. The first-order valence-corrected chi connectivity index (χ1v) is 25.5. The molecule has 0 amide bonds. The highest BCUT2D eigenvalue weighted by atomic mass is 31.2. The van der Waals surface area contributed by atoms with E-state index in [9.17, 15) is 14.3 Å². The first-order valence-electron chi connectivity index (χ1n) is 24.0. The molecule has 8 nitrogen and oxygen atoms in total. The number of hydrogen-bond acceptors (Lipinski definition) is 7. The Morgan fingerprint density at radius 3 is 1.15 bits per heavy atom. The Labute approximate surface area is 341 Å². The van der Waals surface area contributed by atoms with Crippen LogP contribution in [0.5, 0.6) is 0 Å². The van der Waals surface area contributed by atoms with E-state index in [0.29, 0.717) is 13.0 Å². The molecule has 55 heavy (non-hydrogen) atoms. The average Bonchev–Trinajstić information content (AvgIpc) is 3.17. The van der Waals surface area contributed by atoms with E-state index >= 15 is 0 Å². The maximum Gasteiger partial charge on any atom is 0.472 e. The molecule has 0 rings (SSSR count). The van der Waals surface area contributed by atoms with E-state index in [1.807, 2.05) is 0 Å². The Balaban J connectivity index is 3.85. The molecule has 0 fully saturated rings. The first kappa shape index (κ1) is 54.5. The Kier molecular flexibility index (Phi) is 44.2. The minimum Gasteiger partial charge on any atom is -0.457 e. The summed E-state index contributed by atoms with van der Waals surface area (Å²) >= 11 is 0. The van der Waals surface area contributed by atoms with Crippen LogP contribution in [0.25, 0.3) is 0 Å². The van der Waals surface area contributed by atoms with Crippen LogP contribution in [-0.2, 0) is 27.9 Å². The number of unbranched alkanes of at least 4 members (excludes halogenated alkanes) is 34. The lowest BCUT2D eigenvalue weighted by Gasteiger charge is -2.20. The van der Waals surface area contributed by atoms with Crippen LogP contribution >= 0.6 is 7.82 Å². The van der Waals surface area contributed by atoms with E-state index in [-0.39, 0.29) is 32.3 Å². The molecule has 0 spiro atoms. The van der Waals surface area contributed by atoms with Gasteiger partial charge in [0, 0.05) is 19.6 Å². The minimum atomic E-state index is -4.27. The Morgan fingerprint density at radius 1 is 0.473 bits per heavy atom. The number of carbonyl (C=O) groups is 1. The van der Waals surface area contributed by atoms with Crippen LogP contribution in [0.2, 0.25) is 0 Å². The van der Waals surface area contributed by atoms with Crippen molar-refractivity contribution in [1.29, 1.82) is 0 Å². The molecule has 0 aromatic heterocycles. The topological polar surface area (TPSA) is 117 Å². The van der Waals surface area contributed by atoms with Gasteiger partial charge in [-0.15, -0.1) is 0 Å². The van der Waals surface area contributed by atoms with Gasteiger partial charge in [-0.1, -0.05) is 232 Å². The SMILES string of the molecule is CCCCCCCCCCCCCCCCCCCCCCCCCOCC(COP(=O)(O)OCCN)OC(=O)CCCCCCCCCCCCCCC. The summed E-state index contributed by atoms with van der Waals surface area (Å²) in [6, 6.07) is 0. The van der Waals surface area contributed by atoms with Gasteiger partial charge in [0.2, 0.25) is 0 Å². The maximum atomic E-state index is 12.6. The summed E-state index contributed by atoms with van der Waals surface area (Å²) in [5, 5.41) is 0. The molecule has 0 saturated carbocycles. The van der Waals surface area contributed by atoms with Crippen molar-refractivity contribution < 1.29 is 32.8 Å². The zero-order valence-electron chi connectivity index (χ0n) is 36.7. The van der Waals surface area contributed by atoms with Crippen LogP contribution in [0.3, 0.4) is 0 Å². The third-order valence-electron chi connectivity index (χ3n) is 10.8. The van der Waals surface area contributed by atoms with Crippen LogP contribution < -0.4 is 5.73 Å². The normalized spacial score (nSPS) is 13.3. The van der Waals surface area contributed by atoms with Crippen molar-refractivity contribution in [3.63, 3.8) is 0 Å². The van der Waals surface area contributed by atoms with E-state index < -0.39 is 13.9 Å². The molecule has 0 heterocycles. The summed E-state index contributed by atoms with van der Waals surface area (Å²) in [5.41, 5.74) is 5.38. The monoisotopic (exact) mass is 804 g/mol. The lowest BCUT2D eigenvalue weighted by atomic mass is 10.0. The Bertz CT molecular complexity index is 817. The van der Waals surface area contributed by atoms with E-state index in [2.05, 4.69) is 13.8 Å². The number of ether oxygens (including phenoxy) is 2. The second kappa shape index (κ2) is 44.6. The van der Waals surface area contributed by atoms with Crippen molar-refractivity contribution in [2.75, 3.05) is 33.0 Å². The zero-order chi connectivity index (χ0) is 40.2. The minimum absolute atomic E-state index is 0.0900. The highest BCUT2D eigenvalue weighted by molar-refractivity contribution is 7.47. The number of rotatable bonds is 47. The predicted molar refractivity (Wildman–Crippen MR) is 234 cm³/mol. The second-order valence-electron chi connectivity index (χ2n) is 16.3. The van der Waals surface area contributed by atoms with Crippen molar-refractivity contribution in [2.45, 2.75) is 258 Å². The fourth-order valence-electron chi connectivity index (χ4n) is 7.24. The van der Waals surface area contributed by atoms with Crippen LogP contribution in [0.4, 0.5) is 0 Å². The zero-order valence-corrected chi connectivity index (χ0v) is 37.6. The molecule has 0 aliphatic rings. The number of carbonyl (C=O) groups excluding carboxylic acids is 1. The summed E-state index contributed by atoms with van der Waals surface area (Å²) in [6.07, 6.45) is 47.0. The summed E-state index contributed by atoms with van der Waals surface area (Å²) in [4.78, 5) is 22.5. The van der Waals surface area contributed by atoms with Crippen molar-refractivity contribution in [3.05, 3.63) is 0 Å². The molecule has 9 heteroatoms. The highest BCUT2D eigenvalue weighted by Crippen LogP contribution is 2.43. The predicted octanol–water partition coefficient (Wildman–Crippen LogP) is 14.5. The molecule has 0 aromatic rings. The molecule has 0 saturated heterocycles. The number of nitrogens with two attached hydrogens (primary N) is 1. The van der Waals surface area contributed by atoms with Crippen molar-refractivity contribution in [2.24, 2.45) is 5.73 Å². The number of phosphoric ester groups is 1. The van der Waals surface area contributed by atoms with Crippen LogP contribution in [0.15, 0.2) is 0 Å². The van der Waals surface area contributed by atoms with Gasteiger partial charge in [0.25, 0.3) is 0 Å². The summed E-state index contributed by atoms with van der Waals surface area (Å²) < 4.78 is 33.5. The van der Waals surface area contributed by atoms with Crippen molar-refractivity contribution in [3.8, 4) is 0 Å². The molecule has 0 aliphatic carbocycles. The average molecular weight is 804 g/mol. The highest BCUT2D eigenvalue weighted by Gasteiger charge is 2.25. The molecule has 0 radical (unpaired) electrons. The fraction of sp³-hybridized carbons (Fsp3) is 0.978. The molecule has 2 unspecified atom stereocenters. The van der Waals surface area contributed by atoms with E-state index in [1.165, 1.54) is 199 Å². The van der Waals surface area contributed by atoms with Crippen LogP contribution in [-0.4, -0.2) is 49.9 Å². The third-order valence-corrected chi connectivity index (χ3v) is 11.8. The summed E-state index contributed by atoms with van der Waals surface area (Å²) in [6.45, 7) is 4.99. The Morgan fingerprint density at radius 2 is 0.800 bits per heavy atom. The maximum absolute atomic E-state index is 12.6. The van der Waals surface area contributed by atoms with Gasteiger partial charge in [0.1, 0.15) is 6.10 Å². The van der Waals surface area contributed by atoms with Gasteiger partial charge in [-0.25, -0.2) is 4.57 Å². The van der Waals surface area contributed by atoms with Crippen molar-refractivity contribution >= 4 is 13.8 Å². The number of hydrogen-bond donors (Lipinski definition) is 2. The smallest absolute Gasteiger partial charge is 0.457 e. The van der Waals surface area contributed by atoms with E-state index in [0.717, 1.165) is 32.1 Å². The van der Waals surface area contributed by atoms with Gasteiger partial charge < -0.3 is 20.1 Å². The standard InChI is InChI=1S/C46H94NO7P/c1-3-5-7-9-11-13-15-17-18-19-20-21-22-23-24-25-26-28-30-32-34-36-38-41-51-43-45(44-53-55(49,50)52-42-40-47)54-46(48)39-37-35-33-31-29-27-16-14-12-10-8-6-4-2/h45H,3-44,47H2,1-2H3,(H,49,50). The lowest BCUT2D eigenvalue weighted by molar-refractivity contribution is -0.154. The van der Waals surface area contributed by atoms with Gasteiger partial charge in [0.15, 0.2) is 0 Å². The van der Waals surface area contributed by atoms with Crippen molar-refractivity contribution in [1.82, 2.24) is 0 Å². The third kappa shape index (κ3) is 44.4. The van der Waals surface area contributed by atoms with Gasteiger partial charge in [-0.05, 0) is 12.8 Å². The summed E-state index contributed by atoms with van der Waals surface area (Å²) in [5.74, 6) is -0.324. The van der Waals surface area contributed by atoms with Gasteiger partial charge >= 0.3 is 13.8 Å². The molecule has 3 N–H and O–H groups in total. The van der Waals surface area contributed by atoms with Crippen LogP contribution in [0.1, 0.15) is 251 Å². The second-order valence-corrected chi connectivity index (χ2v) is 17.8. The molecule has 0 bridgehead atoms. The molecular formula is C46H94NO7P. The van der Waals surface area contributed by atoms with E-state index in [4.69, 9.17) is 24.3 Å². The molecular weight excluding hydrogens is 709 g/mol.